The minimum Gasteiger partial charge on any atom is -0.326 e. The van der Waals surface area contributed by atoms with E-state index in [0.717, 1.165) is 0 Å². The smallest absolute Gasteiger partial charge is 0.257 e. The summed E-state index contributed by atoms with van der Waals surface area (Å²) < 4.78 is 0. The molecule has 92 valence electrons. The Hall–Kier alpha value is -2.28. The summed E-state index contributed by atoms with van der Waals surface area (Å²) in [5, 5.41) is 13.0. The van der Waals surface area contributed by atoms with Crippen molar-refractivity contribution >= 4 is 34.0 Å². The highest BCUT2D eigenvalue weighted by molar-refractivity contribution is 7.13. The number of rotatable bonds is 3. The predicted octanol–water partition coefficient (Wildman–Crippen LogP) is 1.75. The SMILES string of the molecule is CC(=O)Nc1cccc(C(=O)Nc2nncs2)c1. The molecule has 1 aromatic carbocycles. The molecule has 0 aliphatic heterocycles. The van der Waals surface area contributed by atoms with Crippen molar-refractivity contribution in [1.82, 2.24) is 10.2 Å². The van der Waals surface area contributed by atoms with Crippen molar-refractivity contribution in [3.63, 3.8) is 0 Å². The van der Waals surface area contributed by atoms with Crippen molar-refractivity contribution in [2.45, 2.75) is 6.92 Å². The van der Waals surface area contributed by atoms with Gasteiger partial charge in [-0.15, -0.1) is 10.2 Å². The minimum atomic E-state index is -0.293. The number of hydrogen-bond acceptors (Lipinski definition) is 5. The maximum Gasteiger partial charge on any atom is 0.257 e. The summed E-state index contributed by atoms with van der Waals surface area (Å²) in [6.07, 6.45) is 0. The first-order valence-electron chi connectivity index (χ1n) is 5.10. The molecule has 0 unspecified atom stereocenters. The number of amides is 2. The Kier molecular flexibility index (Phi) is 3.63. The lowest BCUT2D eigenvalue weighted by molar-refractivity contribution is -0.114. The van der Waals surface area contributed by atoms with Crippen molar-refractivity contribution in [3.8, 4) is 0 Å². The van der Waals surface area contributed by atoms with Gasteiger partial charge in [0.2, 0.25) is 11.0 Å². The van der Waals surface area contributed by atoms with Crippen LogP contribution >= 0.6 is 11.3 Å². The molecule has 2 aromatic rings. The largest absolute Gasteiger partial charge is 0.326 e. The second-order valence-corrected chi connectivity index (χ2v) is 4.29. The fourth-order valence-electron chi connectivity index (χ4n) is 1.34. The fraction of sp³-hybridized carbons (Fsp3) is 0.0909. The Morgan fingerprint density at radius 2 is 2.11 bits per heavy atom. The summed E-state index contributed by atoms with van der Waals surface area (Å²) >= 11 is 1.24. The van der Waals surface area contributed by atoms with Crippen LogP contribution in [0.1, 0.15) is 17.3 Å². The van der Waals surface area contributed by atoms with Crippen LogP contribution in [0.4, 0.5) is 10.8 Å². The third-order valence-corrected chi connectivity index (χ3v) is 2.63. The Balaban J connectivity index is 2.12. The molecule has 1 aromatic heterocycles. The van der Waals surface area contributed by atoms with E-state index in [1.165, 1.54) is 23.8 Å². The number of aromatic nitrogens is 2. The summed E-state index contributed by atoms with van der Waals surface area (Å²) in [7, 11) is 0. The molecule has 0 aliphatic carbocycles. The summed E-state index contributed by atoms with van der Waals surface area (Å²) in [5.41, 5.74) is 2.55. The number of carbonyl (C=O) groups excluding carboxylic acids is 2. The van der Waals surface area contributed by atoms with Gasteiger partial charge in [-0.3, -0.25) is 14.9 Å². The van der Waals surface area contributed by atoms with Gasteiger partial charge >= 0.3 is 0 Å². The van der Waals surface area contributed by atoms with E-state index < -0.39 is 0 Å². The first-order valence-corrected chi connectivity index (χ1v) is 5.98. The molecule has 0 fully saturated rings. The van der Waals surface area contributed by atoms with Gasteiger partial charge in [-0.1, -0.05) is 17.4 Å². The zero-order valence-electron chi connectivity index (χ0n) is 9.51. The summed E-state index contributed by atoms with van der Waals surface area (Å²) in [5.74, 6) is -0.476. The van der Waals surface area contributed by atoms with E-state index in [2.05, 4.69) is 20.8 Å². The number of nitrogens with one attached hydrogen (secondary N) is 2. The topological polar surface area (TPSA) is 84.0 Å². The van der Waals surface area contributed by atoms with Gasteiger partial charge in [-0.05, 0) is 18.2 Å². The molecule has 0 saturated carbocycles. The zero-order chi connectivity index (χ0) is 13.0. The maximum atomic E-state index is 11.9. The molecule has 2 amide bonds. The molecule has 0 radical (unpaired) electrons. The lowest BCUT2D eigenvalue weighted by atomic mass is 10.2. The number of hydrogen-bond donors (Lipinski definition) is 2. The molecule has 1 heterocycles. The predicted molar refractivity (Wildman–Crippen MR) is 68.6 cm³/mol. The first-order chi connectivity index (χ1) is 8.65. The van der Waals surface area contributed by atoms with Gasteiger partial charge in [0.25, 0.3) is 5.91 Å². The van der Waals surface area contributed by atoms with Gasteiger partial charge in [0.1, 0.15) is 5.51 Å². The van der Waals surface area contributed by atoms with Crippen LogP contribution in [0.5, 0.6) is 0 Å². The average molecular weight is 262 g/mol. The molecule has 7 heteroatoms. The van der Waals surface area contributed by atoms with Crippen LogP contribution in [0.3, 0.4) is 0 Å². The number of nitrogens with zero attached hydrogens (tertiary/aromatic N) is 2. The zero-order valence-corrected chi connectivity index (χ0v) is 10.3. The van der Waals surface area contributed by atoms with E-state index in [1.54, 1.807) is 24.3 Å². The normalized spacial score (nSPS) is 9.83. The van der Waals surface area contributed by atoms with Crippen LogP contribution in [0.15, 0.2) is 29.8 Å². The molecule has 2 N–H and O–H groups in total. The molecule has 6 nitrogen and oxygen atoms in total. The van der Waals surface area contributed by atoms with E-state index in [0.29, 0.717) is 16.4 Å². The van der Waals surface area contributed by atoms with E-state index >= 15 is 0 Å². The van der Waals surface area contributed by atoms with Gasteiger partial charge in [0, 0.05) is 18.2 Å². The Morgan fingerprint density at radius 1 is 1.28 bits per heavy atom. The first kappa shape index (κ1) is 12.2. The van der Waals surface area contributed by atoms with Crippen molar-refractivity contribution in [2.24, 2.45) is 0 Å². The van der Waals surface area contributed by atoms with Crippen LogP contribution < -0.4 is 10.6 Å². The van der Waals surface area contributed by atoms with Crippen molar-refractivity contribution in [1.29, 1.82) is 0 Å². The lowest BCUT2D eigenvalue weighted by Crippen LogP contribution is -2.13. The summed E-state index contributed by atoms with van der Waals surface area (Å²) in [6.45, 7) is 1.41. The quantitative estimate of drug-likeness (QED) is 0.882. The van der Waals surface area contributed by atoms with Gasteiger partial charge in [-0.2, -0.15) is 0 Å². The molecular formula is C11H10N4O2S. The van der Waals surface area contributed by atoms with Gasteiger partial charge in [0.05, 0.1) is 0 Å². The van der Waals surface area contributed by atoms with E-state index in [-0.39, 0.29) is 11.8 Å². The Morgan fingerprint density at radius 3 is 2.78 bits per heavy atom. The monoisotopic (exact) mass is 262 g/mol. The van der Waals surface area contributed by atoms with Crippen molar-refractivity contribution in [3.05, 3.63) is 35.3 Å². The second-order valence-electron chi connectivity index (χ2n) is 3.46. The molecule has 0 atom stereocenters. The van der Waals surface area contributed by atoms with Crippen LogP contribution in [0.25, 0.3) is 0 Å². The minimum absolute atomic E-state index is 0.184. The van der Waals surface area contributed by atoms with E-state index in [4.69, 9.17) is 0 Å². The van der Waals surface area contributed by atoms with Gasteiger partial charge in [-0.25, -0.2) is 0 Å². The summed E-state index contributed by atoms with van der Waals surface area (Å²) in [4.78, 5) is 22.8. The Bertz CT molecular complexity index is 568. The molecule has 0 aliphatic rings. The van der Waals surface area contributed by atoms with E-state index in [1.807, 2.05) is 0 Å². The van der Waals surface area contributed by atoms with Crippen LogP contribution in [-0.4, -0.2) is 22.0 Å². The highest BCUT2D eigenvalue weighted by atomic mass is 32.1. The molecule has 2 rings (SSSR count). The van der Waals surface area contributed by atoms with Crippen LogP contribution in [0.2, 0.25) is 0 Å². The molecule has 18 heavy (non-hydrogen) atoms. The number of anilines is 2. The lowest BCUT2D eigenvalue weighted by Gasteiger charge is -2.05. The maximum absolute atomic E-state index is 11.9. The van der Waals surface area contributed by atoms with E-state index in [9.17, 15) is 9.59 Å². The summed E-state index contributed by atoms with van der Waals surface area (Å²) in [6, 6.07) is 6.66. The fourth-order valence-corrected chi connectivity index (χ4v) is 1.78. The highest BCUT2D eigenvalue weighted by Crippen LogP contribution is 2.14. The second kappa shape index (κ2) is 5.37. The number of benzene rings is 1. The van der Waals surface area contributed by atoms with Gasteiger partial charge in [0.15, 0.2) is 0 Å². The standard InChI is InChI=1S/C11H10N4O2S/c1-7(16)13-9-4-2-3-8(5-9)10(17)14-11-15-12-6-18-11/h2-6H,1H3,(H,13,16)(H,14,15,17). The third kappa shape index (κ3) is 3.11. The van der Waals surface area contributed by atoms with Gasteiger partial charge < -0.3 is 5.32 Å². The van der Waals surface area contributed by atoms with Crippen molar-refractivity contribution in [2.75, 3.05) is 10.6 Å². The van der Waals surface area contributed by atoms with Crippen molar-refractivity contribution < 1.29 is 9.59 Å². The van der Waals surface area contributed by atoms with Crippen LogP contribution in [-0.2, 0) is 4.79 Å². The average Bonchev–Trinajstić information content (AvgIpc) is 2.81. The third-order valence-electron chi connectivity index (χ3n) is 2.03. The molecule has 0 spiro atoms. The Labute approximate surface area is 107 Å². The molecular weight excluding hydrogens is 252 g/mol. The number of carbonyl (C=O) groups is 2. The van der Waals surface area contributed by atoms with Crippen LogP contribution in [0, 0.1) is 0 Å². The molecule has 0 bridgehead atoms. The highest BCUT2D eigenvalue weighted by Gasteiger charge is 2.08. The molecule has 0 saturated heterocycles.